The number of aryl methyl sites for hydroxylation is 1. The number of nitrogens with zero attached hydrogens (tertiary/aromatic N) is 2. The normalized spacial score (nSPS) is 10.5. The van der Waals surface area contributed by atoms with E-state index in [1.807, 2.05) is 49.4 Å². The fraction of sp³-hybridized carbons (Fsp3) is 0.222. The average molecular weight is 325 g/mol. The van der Waals surface area contributed by atoms with Crippen LogP contribution in [0.4, 0.5) is 5.69 Å². The topological polar surface area (TPSA) is 69.4 Å². The number of aromatic nitrogens is 2. The number of nitrogens with one attached hydrogen (secondary N) is 1. The van der Waals surface area contributed by atoms with Crippen LogP contribution in [0, 0.1) is 6.92 Å². The fourth-order valence-corrected chi connectivity index (χ4v) is 2.31. The van der Waals surface area contributed by atoms with Crippen molar-refractivity contribution in [3.05, 3.63) is 53.9 Å². The number of hydrogen-bond donors (Lipinski definition) is 1. The van der Waals surface area contributed by atoms with Crippen molar-refractivity contribution in [1.82, 2.24) is 10.1 Å². The molecule has 124 valence electrons. The van der Waals surface area contributed by atoms with Crippen LogP contribution in [0.5, 0.6) is 11.5 Å². The Morgan fingerprint density at radius 3 is 2.54 bits per heavy atom. The van der Waals surface area contributed by atoms with E-state index in [-0.39, 0.29) is 0 Å². The smallest absolute Gasteiger partial charge is 0.246 e. The van der Waals surface area contributed by atoms with Gasteiger partial charge in [0.25, 0.3) is 0 Å². The molecule has 3 aromatic rings. The first-order chi connectivity index (χ1) is 11.7. The van der Waals surface area contributed by atoms with Gasteiger partial charge < -0.3 is 19.3 Å². The molecule has 1 N–H and O–H groups in total. The molecule has 0 aliphatic carbocycles. The van der Waals surface area contributed by atoms with Gasteiger partial charge in [-0.1, -0.05) is 11.2 Å². The number of methoxy groups -OCH3 is 2. The van der Waals surface area contributed by atoms with Crippen LogP contribution in [-0.4, -0.2) is 24.4 Å². The first-order valence-corrected chi connectivity index (χ1v) is 7.55. The lowest BCUT2D eigenvalue weighted by molar-refractivity contribution is 0.383. The molecule has 0 aliphatic rings. The van der Waals surface area contributed by atoms with Crippen molar-refractivity contribution >= 4 is 5.69 Å². The van der Waals surface area contributed by atoms with Crippen molar-refractivity contribution < 1.29 is 14.0 Å². The Morgan fingerprint density at radius 2 is 1.83 bits per heavy atom. The van der Waals surface area contributed by atoms with E-state index < -0.39 is 0 Å². The van der Waals surface area contributed by atoms with E-state index in [1.165, 1.54) is 0 Å². The van der Waals surface area contributed by atoms with Crippen molar-refractivity contribution in [3.8, 4) is 22.9 Å². The van der Waals surface area contributed by atoms with Crippen molar-refractivity contribution in [2.75, 3.05) is 19.5 Å². The Balaban J connectivity index is 1.71. The van der Waals surface area contributed by atoms with Gasteiger partial charge >= 0.3 is 0 Å². The van der Waals surface area contributed by atoms with Crippen LogP contribution in [0.1, 0.15) is 11.5 Å². The van der Waals surface area contributed by atoms with Gasteiger partial charge in [-0.05, 0) is 48.9 Å². The van der Waals surface area contributed by atoms with Crippen LogP contribution in [0.2, 0.25) is 0 Å². The van der Waals surface area contributed by atoms with Crippen LogP contribution in [0.25, 0.3) is 11.4 Å². The molecule has 2 aromatic carbocycles. The molecule has 0 saturated heterocycles. The third-order valence-corrected chi connectivity index (χ3v) is 3.60. The summed E-state index contributed by atoms with van der Waals surface area (Å²) in [7, 11) is 3.27. The van der Waals surface area contributed by atoms with Gasteiger partial charge in [0.15, 0.2) is 0 Å². The second-order valence-corrected chi connectivity index (χ2v) is 5.30. The molecule has 24 heavy (non-hydrogen) atoms. The fourth-order valence-electron chi connectivity index (χ4n) is 2.31. The summed E-state index contributed by atoms with van der Waals surface area (Å²) in [4.78, 5) is 4.41. The molecule has 0 aliphatic heterocycles. The number of ether oxygens (including phenoxy) is 2. The molecule has 0 saturated carbocycles. The Bertz CT molecular complexity index is 813. The monoisotopic (exact) mass is 325 g/mol. The van der Waals surface area contributed by atoms with E-state index in [9.17, 15) is 0 Å². The minimum atomic E-state index is 0.420. The van der Waals surface area contributed by atoms with Gasteiger partial charge in [0.2, 0.25) is 11.7 Å². The van der Waals surface area contributed by atoms with Crippen LogP contribution in [-0.2, 0) is 6.54 Å². The van der Waals surface area contributed by atoms with Gasteiger partial charge in [0.1, 0.15) is 11.5 Å². The van der Waals surface area contributed by atoms with Gasteiger partial charge in [-0.25, -0.2) is 0 Å². The van der Waals surface area contributed by atoms with Crippen molar-refractivity contribution in [2.45, 2.75) is 13.5 Å². The maximum absolute atomic E-state index is 5.34. The van der Waals surface area contributed by atoms with E-state index in [0.29, 0.717) is 18.3 Å². The third-order valence-electron chi connectivity index (χ3n) is 3.60. The first kappa shape index (κ1) is 15.9. The summed E-state index contributed by atoms with van der Waals surface area (Å²) in [6.07, 6.45) is 0. The summed E-state index contributed by atoms with van der Waals surface area (Å²) in [5, 5.41) is 7.28. The minimum Gasteiger partial charge on any atom is -0.497 e. The van der Waals surface area contributed by atoms with Crippen LogP contribution < -0.4 is 14.8 Å². The van der Waals surface area contributed by atoms with Gasteiger partial charge in [-0.2, -0.15) is 4.98 Å². The second kappa shape index (κ2) is 7.04. The number of anilines is 1. The summed E-state index contributed by atoms with van der Waals surface area (Å²) in [6, 6.07) is 13.4. The van der Waals surface area contributed by atoms with Gasteiger partial charge in [0.05, 0.1) is 26.5 Å². The Labute approximate surface area is 140 Å². The Morgan fingerprint density at radius 1 is 1.04 bits per heavy atom. The summed E-state index contributed by atoms with van der Waals surface area (Å²) in [6.45, 7) is 2.45. The molecule has 0 amide bonds. The van der Waals surface area contributed by atoms with E-state index in [0.717, 1.165) is 28.3 Å². The van der Waals surface area contributed by atoms with Crippen molar-refractivity contribution in [3.63, 3.8) is 0 Å². The predicted octanol–water partition coefficient (Wildman–Crippen LogP) is 3.67. The molecule has 6 nitrogen and oxygen atoms in total. The molecule has 0 spiro atoms. The molecule has 6 heteroatoms. The maximum atomic E-state index is 5.34. The lowest BCUT2D eigenvalue weighted by Crippen LogP contribution is -2.02. The van der Waals surface area contributed by atoms with Crippen molar-refractivity contribution in [1.29, 1.82) is 0 Å². The van der Waals surface area contributed by atoms with E-state index in [4.69, 9.17) is 14.0 Å². The van der Waals surface area contributed by atoms with E-state index in [2.05, 4.69) is 15.5 Å². The maximum Gasteiger partial charge on any atom is 0.246 e. The number of hydrogen-bond acceptors (Lipinski definition) is 6. The minimum absolute atomic E-state index is 0.420. The molecular formula is C18H19N3O3. The lowest BCUT2D eigenvalue weighted by atomic mass is 10.2. The highest BCUT2D eigenvalue weighted by Gasteiger charge is 2.10. The predicted molar refractivity (Wildman–Crippen MR) is 91.3 cm³/mol. The zero-order valence-electron chi connectivity index (χ0n) is 13.9. The second-order valence-electron chi connectivity index (χ2n) is 5.30. The highest BCUT2D eigenvalue weighted by molar-refractivity contribution is 5.58. The van der Waals surface area contributed by atoms with Crippen LogP contribution >= 0.6 is 0 Å². The van der Waals surface area contributed by atoms with E-state index >= 15 is 0 Å². The number of benzene rings is 2. The summed E-state index contributed by atoms with van der Waals surface area (Å²) < 4.78 is 15.8. The Kier molecular flexibility index (Phi) is 4.65. The van der Waals surface area contributed by atoms with Crippen molar-refractivity contribution in [2.24, 2.45) is 0 Å². The third kappa shape index (κ3) is 3.48. The molecule has 1 aromatic heterocycles. The molecule has 1 heterocycles. The first-order valence-electron chi connectivity index (χ1n) is 7.55. The lowest BCUT2D eigenvalue weighted by Gasteiger charge is -2.10. The van der Waals surface area contributed by atoms with Crippen LogP contribution in [0.3, 0.4) is 0 Å². The summed E-state index contributed by atoms with van der Waals surface area (Å²) in [5.74, 6) is 2.61. The average Bonchev–Trinajstić information content (AvgIpc) is 3.09. The quantitative estimate of drug-likeness (QED) is 0.745. The zero-order valence-corrected chi connectivity index (χ0v) is 13.9. The standard InChI is InChI=1S/C18H19N3O3/c1-12-4-9-16(23-3)15(10-12)19-11-17-20-18(21-24-17)13-5-7-14(22-2)8-6-13/h4-10,19H,11H2,1-3H3. The molecule has 0 bridgehead atoms. The highest BCUT2D eigenvalue weighted by Crippen LogP contribution is 2.26. The molecular weight excluding hydrogens is 306 g/mol. The largest absolute Gasteiger partial charge is 0.497 e. The SMILES string of the molecule is COc1ccc(-c2noc(CNc3cc(C)ccc3OC)n2)cc1. The van der Waals surface area contributed by atoms with Gasteiger partial charge in [-0.3, -0.25) is 0 Å². The molecule has 0 atom stereocenters. The molecule has 0 fully saturated rings. The van der Waals surface area contributed by atoms with E-state index in [1.54, 1.807) is 14.2 Å². The molecule has 3 rings (SSSR count). The summed E-state index contributed by atoms with van der Waals surface area (Å²) in [5.41, 5.74) is 2.91. The number of rotatable bonds is 6. The molecule has 0 radical (unpaired) electrons. The van der Waals surface area contributed by atoms with Gasteiger partial charge in [-0.15, -0.1) is 0 Å². The molecule has 0 unspecified atom stereocenters. The summed E-state index contributed by atoms with van der Waals surface area (Å²) >= 11 is 0. The van der Waals surface area contributed by atoms with Crippen LogP contribution in [0.15, 0.2) is 47.0 Å². The van der Waals surface area contributed by atoms with Gasteiger partial charge in [0, 0.05) is 5.56 Å². The Hall–Kier alpha value is -3.02. The highest BCUT2D eigenvalue weighted by atomic mass is 16.5. The zero-order chi connectivity index (χ0) is 16.9.